The van der Waals surface area contributed by atoms with E-state index < -0.39 is 0 Å². The average Bonchev–Trinajstić information content (AvgIpc) is 2.70. The predicted octanol–water partition coefficient (Wildman–Crippen LogP) is 1.65. The number of rotatable bonds is 4. The molecule has 3 atom stereocenters. The topological polar surface area (TPSA) is 50.4 Å². The summed E-state index contributed by atoms with van der Waals surface area (Å²) >= 11 is 0. The number of carbonyl (C=O) groups is 1. The van der Waals surface area contributed by atoms with Gasteiger partial charge >= 0.3 is 6.03 Å². The van der Waals surface area contributed by atoms with Crippen molar-refractivity contribution in [3.63, 3.8) is 0 Å². The third-order valence-corrected chi connectivity index (χ3v) is 2.87. The maximum absolute atomic E-state index is 11.5. The van der Waals surface area contributed by atoms with Crippen LogP contribution in [-0.4, -0.2) is 30.8 Å². The van der Waals surface area contributed by atoms with Gasteiger partial charge in [-0.2, -0.15) is 0 Å². The summed E-state index contributed by atoms with van der Waals surface area (Å²) in [4.78, 5) is 11.5. The fourth-order valence-corrected chi connectivity index (χ4v) is 1.66. The predicted molar refractivity (Wildman–Crippen MR) is 59.9 cm³/mol. The summed E-state index contributed by atoms with van der Waals surface area (Å²) in [5.74, 6) is 0. The Kier molecular flexibility index (Phi) is 4.88. The fourth-order valence-electron chi connectivity index (χ4n) is 1.66. The van der Waals surface area contributed by atoms with Crippen LogP contribution in [-0.2, 0) is 4.74 Å². The van der Waals surface area contributed by atoms with E-state index in [-0.39, 0.29) is 24.2 Å². The Balaban J connectivity index is 2.24. The molecule has 88 valence electrons. The highest BCUT2D eigenvalue weighted by atomic mass is 16.5. The van der Waals surface area contributed by atoms with Crippen LogP contribution in [0.4, 0.5) is 4.79 Å². The highest BCUT2D eigenvalue weighted by Gasteiger charge is 2.23. The minimum absolute atomic E-state index is 0.0904. The lowest BCUT2D eigenvalue weighted by Gasteiger charge is -2.21. The molecule has 0 spiro atoms. The molecule has 0 saturated carbocycles. The molecule has 0 bridgehead atoms. The standard InChI is InChI=1S/C11H22N2O2/c1-4-8(2)12-11(14)13-9(3)10-6-5-7-15-10/h8-10H,4-7H2,1-3H3,(H2,12,13,14)/t8-,9-,10+/m0/s1. The largest absolute Gasteiger partial charge is 0.376 e. The van der Waals surface area contributed by atoms with Crippen LogP contribution < -0.4 is 10.6 Å². The fraction of sp³-hybridized carbons (Fsp3) is 0.909. The Morgan fingerprint density at radius 3 is 2.73 bits per heavy atom. The number of nitrogens with one attached hydrogen (secondary N) is 2. The zero-order valence-electron chi connectivity index (χ0n) is 9.88. The molecule has 0 aromatic carbocycles. The van der Waals surface area contributed by atoms with Crippen molar-refractivity contribution in [3.05, 3.63) is 0 Å². The van der Waals surface area contributed by atoms with Gasteiger partial charge in [0.1, 0.15) is 0 Å². The zero-order chi connectivity index (χ0) is 11.3. The highest BCUT2D eigenvalue weighted by Crippen LogP contribution is 2.15. The summed E-state index contributed by atoms with van der Waals surface area (Å²) in [6, 6.07) is 0.227. The molecule has 0 aliphatic carbocycles. The third kappa shape index (κ3) is 4.08. The van der Waals surface area contributed by atoms with Gasteiger partial charge in [0.05, 0.1) is 12.1 Å². The van der Waals surface area contributed by atoms with Gasteiger partial charge in [-0.3, -0.25) is 0 Å². The van der Waals surface area contributed by atoms with E-state index in [9.17, 15) is 4.79 Å². The van der Waals surface area contributed by atoms with Crippen LogP contribution in [0, 0.1) is 0 Å². The molecule has 4 nitrogen and oxygen atoms in total. The molecule has 1 heterocycles. The van der Waals surface area contributed by atoms with Crippen molar-refractivity contribution in [1.82, 2.24) is 10.6 Å². The van der Waals surface area contributed by atoms with Gasteiger partial charge in [-0.1, -0.05) is 6.92 Å². The second kappa shape index (κ2) is 5.95. The molecular weight excluding hydrogens is 192 g/mol. The Bertz CT molecular complexity index is 203. The van der Waals surface area contributed by atoms with Crippen LogP contribution in [0.1, 0.15) is 40.0 Å². The molecule has 4 heteroatoms. The van der Waals surface area contributed by atoms with Crippen LogP contribution >= 0.6 is 0 Å². The van der Waals surface area contributed by atoms with E-state index in [1.54, 1.807) is 0 Å². The molecule has 1 saturated heterocycles. The Morgan fingerprint density at radius 2 is 2.20 bits per heavy atom. The van der Waals surface area contributed by atoms with Crippen molar-refractivity contribution in [2.24, 2.45) is 0 Å². The number of urea groups is 1. The van der Waals surface area contributed by atoms with Crippen molar-refractivity contribution in [1.29, 1.82) is 0 Å². The second-order valence-electron chi connectivity index (χ2n) is 4.27. The van der Waals surface area contributed by atoms with Crippen molar-refractivity contribution >= 4 is 6.03 Å². The quantitative estimate of drug-likeness (QED) is 0.747. The molecule has 1 fully saturated rings. The molecule has 1 aliphatic heterocycles. The summed E-state index contributed by atoms with van der Waals surface area (Å²) in [5, 5.41) is 5.79. The molecule has 0 radical (unpaired) electrons. The monoisotopic (exact) mass is 214 g/mol. The van der Waals surface area contributed by atoms with Crippen molar-refractivity contribution in [3.8, 4) is 0 Å². The first kappa shape index (κ1) is 12.3. The summed E-state index contributed by atoms with van der Waals surface area (Å²) < 4.78 is 5.50. The van der Waals surface area contributed by atoms with Gasteiger partial charge in [-0.05, 0) is 33.1 Å². The van der Waals surface area contributed by atoms with Gasteiger partial charge in [-0.25, -0.2) is 4.79 Å². The van der Waals surface area contributed by atoms with Crippen molar-refractivity contribution in [2.45, 2.75) is 58.2 Å². The smallest absolute Gasteiger partial charge is 0.315 e. The first-order chi connectivity index (χ1) is 7.13. The van der Waals surface area contributed by atoms with Gasteiger partial charge in [0, 0.05) is 12.6 Å². The van der Waals surface area contributed by atoms with E-state index in [2.05, 4.69) is 17.6 Å². The van der Waals surface area contributed by atoms with Gasteiger partial charge in [0.15, 0.2) is 0 Å². The Labute approximate surface area is 91.8 Å². The lowest BCUT2D eigenvalue weighted by molar-refractivity contribution is 0.0859. The maximum Gasteiger partial charge on any atom is 0.315 e. The van der Waals surface area contributed by atoms with Gasteiger partial charge < -0.3 is 15.4 Å². The van der Waals surface area contributed by atoms with Crippen LogP contribution in [0.25, 0.3) is 0 Å². The lowest BCUT2D eigenvalue weighted by Crippen LogP contribution is -2.48. The molecule has 2 amide bonds. The third-order valence-electron chi connectivity index (χ3n) is 2.87. The SMILES string of the molecule is CC[C@H](C)NC(=O)N[C@@H](C)[C@H]1CCCO1. The van der Waals surface area contributed by atoms with Crippen LogP contribution in [0.3, 0.4) is 0 Å². The minimum Gasteiger partial charge on any atom is -0.376 e. The van der Waals surface area contributed by atoms with Crippen molar-refractivity contribution < 1.29 is 9.53 Å². The minimum atomic E-state index is -0.0904. The van der Waals surface area contributed by atoms with E-state index in [0.717, 1.165) is 25.9 Å². The van der Waals surface area contributed by atoms with Crippen LogP contribution in [0.2, 0.25) is 0 Å². The number of hydrogen-bond donors (Lipinski definition) is 2. The van der Waals surface area contributed by atoms with Gasteiger partial charge in [0.2, 0.25) is 0 Å². The molecule has 15 heavy (non-hydrogen) atoms. The van der Waals surface area contributed by atoms with Gasteiger partial charge in [0.25, 0.3) is 0 Å². The zero-order valence-corrected chi connectivity index (χ0v) is 9.88. The summed E-state index contributed by atoms with van der Waals surface area (Å²) in [6.45, 7) is 6.86. The molecular formula is C11H22N2O2. The molecule has 2 N–H and O–H groups in total. The summed E-state index contributed by atoms with van der Waals surface area (Å²) in [6.07, 6.45) is 3.28. The molecule has 0 aromatic rings. The van der Waals surface area contributed by atoms with E-state index in [1.807, 2.05) is 13.8 Å². The summed E-state index contributed by atoms with van der Waals surface area (Å²) in [7, 11) is 0. The molecule has 1 aliphatic rings. The highest BCUT2D eigenvalue weighted by molar-refractivity contribution is 5.74. The van der Waals surface area contributed by atoms with E-state index in [0.29, 0.717) is 0 Å². The number of carbonyl (C=O) groups excluding carboxylic acids is 1. The van der Waals surface area contributed by atoms with E-state index in [1.165, 1.54) is 0 Å². The van der Waals surface area contributed by atoms with Crippen molar-refractivity contribution in [2.75, 3.05) is 6.61 Å². The number of ether oxygens (including phenoxy) is 1. The molecule has 0 aromatic heterocycles. The van der Waals surface area contributed by atoms with E-state index in [4.69, 9.17) is 4.74 Å². The first-order valence-electron chi connectivity index (χ1n) is 5.82. The maximum atomic E-state index is 11.5. The van der Waals surface area contributed by atoms with E-state index >= 15 is 0 Å². The van der Waals surface area contributed by atoms with Crippen LogP contribution in [0.15, 0.2) is 0 Å². The normalized spacial score (nSPS) is 24.6. The average molecular weight is 214 g/mol. The van der Waals surface area contributed by atoms with Crippen LogP contribution in [0.5, 0.6) is 0 Å². The second-order valence-corrected chi connectivity index (χ2v) is 4.27. The number of hydrogen-bond acceptors (Lipinski definition) is 2. The number of amides is 2. The first-order valence-corrected chi connectivity index (χ1v) is 5.82. The summed E-state index contributed by atoms with van der Waals surface area (Å²) in [5.41, 5.74) is 0. The Hall–Kier alpha value is -0.770. The molecule has 1 rings (SSSR count). The lowest BCUT2D eigenvalue weighted by atomic mass is 10.1. The molecule has 0 unspecified atom stereocenters. The Morgan fingerprint density at radius 1 is 1.47 bits per heavy atom. The van der Waals surface area contributed by atoms with Gasteiger partial charge in [-0.15, -0.1) is 0 Å².